The van der Waals surface area contributed by atoms with Gasteiger partial charge in [-0.15, -0.1) is 0 Å². The molecule has 0 bridgehead atoms. The zero-order valence-electron chi connectivity index (χ0n) is 17.2. The molecule has 3 unspecified atom stereocenters. The normalized spacial score (nSPS) is 27.0. The smallest absolute Gasteiger partial charge is 0.533 e. The topological polar surface area (TPSA) is 135 Å². The average Bonchev–Trinajstić information content (AvgIpc) is 3.06. The molecule has 2 rings (SSSR count). The molecule has 0 aromatic carbocycles. The molecule has 0 radical (unpaired) electrons. The van der Waals surface area contributed by atoms with Crippen LogP contribution in [0.2, 0.25) is 0 Å². The molecular formula is C17H27N2O9P. The zero-order valence-corrected chi connectivity index (χ0v) is 18.1. The maximum Gasteiger partial charge on any atom is 0.533 e. The first-order valence-electron chi connectivity index (χ1n) is 9.30. The van der Waals surface area contributed by atoms with Gasteiger partial charge in [-0.05, 0) is 27.7 Å². The van der Waals surface area contributed by atoms with Gasteiger partial charge in [-0.3, -0.25) is 23.5 Å². The molecule has 1 fully saturated rings. The van der Waals surface area contributed by atoms with Crippen molar-refractivity contribution < 1.29 is 42.3 Å². The molecule has 2 aliphatic rings. The minimum atomic E-state index is -3.99. The van der Waals surface area contributed by atoms with Crippen molar-refractivity contribution in [3.8, 4) is 0 Å². The molecular weight excluding hydrogens is 407 g/mol. The van der Waals surface area contributed by atoms with Crippen LogP contribution in [0.4, 0.5) is 4.79 Å². The Hall–Kier alpha value is -1.97. The number of amides is 2. The van der Waals surface area contributed by atoms with Gasteiger partial charge in [0, 0.05) is 26.2 Å². The van der Waals surface area contributed by atoms with Gasteiger partial charge >= 0.3 is 13.8 Å². The second-order valence-electron chi connectivity index (χ2n) is 7.89. The number of carbonyl (C=O) groups excluding carboxylic acids is 3. The summed E-state index contributed by atoms with van der Waals surface area (Å²) in [6.07, 6.45) is 0.0657. The van der Waals surface area contributed by atoms with Gasteiger partial charge in [-0.1, -0.05) is 5.06 Å². The third-order valence-electron chi connectivity index (χ3n) is 4.60. The number of hydroxylamine groups is 3. The predicted molar refractivity (Wildman–Crippen MR) is 99.8 cm³/mol. The fourth-order valence-corrected chi connectivity index (χ4v) is 5.60. The molecule has 0 spiro atoms. The van der Waals surface area contributed by atoms with Crippen LogP contribution in [0, 0.1) is 11.1 Å². The van der Waals surface area contributed by atoms with E-state index in [1.165, 1.54) is 13.1 Å². The Labute approximate surface area is 169 Å². The van der Waals surface area contributed by atoms with E-state index in [0.717, 1.165) is 0 Å². The summed E-state index contributed by atoms with van der Waals surface area (Å²) in [7, 11) is -3.99. The van der Waals surface area contributed by atoms with Crippen molar-refractivity contribution in [3.05, 3.63) is 5.21 Å². The van der Waals surface area contributed by atoms with E-state index in [2.05, 4.69) is 4.84 Å². The van der Waals surface area contributed by atoms with Gasteiger partial charge in [-0.2, -0.15) is 4.74 Å². The Morgan fingerprint density at radius 2 is 1.93 bits per heavy atom. The Bertz CT molecular complexity index is 744. The zero-order chi connectivity index (χ0) is 22.0. The van der Waals surface area contributed by atoms with Crippen LogP contribution in [0.25, 0.3) is 0 Å². The molecule has 1 saturated heterocycles. The lowest BCUT2D eigenvalue weighted by atomic mass is 10.0. The Morgan fingerprint density at radius 3 is 2.45 bits per heavy atom. The van der Waals surface area contributed by atoms with Crippen LogP contribution in [0.3, 0.4) is 0 Å². The number of imide groups is 1. The lowest BCUT2D eigenvalue weighted by molar-refractivity contribution is -0.515. The number of hydrogen-bond donors (Lipinski definition) is 0. The number of nitrogens with zero attached hydrogens (tertiary/aromatic N) is 2. The summed E-state index contributed by atoms with van der Waals surface area (Å²) in [5.74, 6) is -2.02. The summed E-state index contributed by atoms with van der Waals surface area (Å²) in [5, 5.41) is 11.3. The molecule has 2 heterocycles. The van der Waals surface area contributed by atoms with E-state index in [-0.39, 0.29) is 32.5 Å². The first kappa shape index (κ1) is 23.3. The molecule has 3 atom stereocenters. The van der Waals surface area contributed by atoms with Crippen LogP contribution in [0.15, 0.2) is 0 Å². The molecule has 29 heavy (non-hydrogen) atoms. The highest BCUT2D eigenvalue weighted by Gasteiger charge is 2.64. The lowest BCUT2D eigenvalue weighted by Gasteiger charge is -2.37. The van der Waals surface area contributed by atoms with E-state index in [0.29, 0.717) is 9.80 Å². The van der Waals surface area contributed by atoms with Crippen molar-refractivity contribution in [2.75, 3.05) is 13.2 Å². The van der Waals surface area contributed by atoms with Gasteiger partial charge in [0.15, 0.2) is 6.21 Å². The highest BCUT2D eigenvalue weighted by Crippen LogP contribution is 2.66. The Kier molecular flexibility index (Phi) is 6.76. The van der Waals surface area contributed by atoms with E-state index in [9.17, 15) is 24.2 Å². The van der Waals surface area contributed by atoms with E-state index >= 15 is 0 Å². The van der Waals surface area contributed by atoms with Gasteiger partial charge in [-0.25, -0.2) is 4.79 Å². The number of hydrogen-bond acceptors (Lipinski definition) is 9. The number of rotatable bonds is 7. The van der Waals surface area contributed by atoms with Crippen LogP contribution >= 0.6 is 7.60 Å². The van der Waals surface area contributed by atoms with Crippen LogP contribution in [0.5, 0.6) is 0 Å². The average molecular weight is 434 g/mol. The second-order valence-corrected chi connectivity index (χ2v) is 10.2. The molecule has 164 valence electrons. The molecule has 12 heteroatoms. The minimum absolute atomic E-state index is 0.0470. The molecule has 2 aliphatic heterocycles. The molecule has 0 aromatic rings. The summed E-state index contributed by atoms with van der Waals surface area (Å²) in [4.78, 5) is 39.6. The quantitative estimate of drug-likeness (QED) is 0.195. The number of ether oxygens (including phenoxy) is 1. The molecule has 11 nitrogen and oxygen atoms in total. The molecule has 0 N–H and O–H groups in total. The summed E-state index contributed by atoms with van der Waals surface area (Å²) >= 11 is 0. The maximum absolute atomic E-state index is 13.6. The van der Waals surface area contributed by atoms with Gasteiger partial charge in [0.2, 0.25) is 0 Å². The SMILES string of the molecule is CCOP(=O)(OC(C)(C)C)C1(C)C(COC(=O)ON2C(=O)CCC2=O)CC=[N+]1[O-]. The third-order valence-corrected chi connectivity index (χ3v) is 7.65. The second kappa shape index (κ2) is 8.41. The minimum Gasteiger partial charge on any atom is -0.623 e. The first-order valence-corrected chi connectivity index (χ1v) is 10.8. The molecule has 2 amide bonds. The first-order chi connectivity index (χ1) is 13.3. The Morgan fingerprint density at radius 1 is 1.34 bits per heavy atom. The monoisotopic (exact) mass is 434 g/mol. The van der Waals surface area contributed by atoms with E-state index in [1.807, 2.05) is 0 Å². The van der Waals surface area contributed by atoms with Gasteiger partial charge in [0.1, 0.15) is 6.61 Å². The van der Waals surface area contributed by atoms with Gasteiger partial charge in [0.05, 0.1) is 18.1 Å². The summed E-state index contributed by atoms with van der Waals surface area (Å²) in [6, 6.07) is 0. The van der Waals surface area contributed by atoms with Crippen molar-refractivity contribution in [1.82, 2.24) is 5.06 Å². The Balaban J connectivity index is 2.13. The summed E-state index contributed by atoms with van der Waals surface area (Å²) in [6.45, 7) is 7.80. The molecule has 0 aromatic heterocycles. The van der Waals surface area contributed by atoms with E-state index < -0.39 is 42.4 Å². The fraction of sp³-hybridized carbons (Fsp3) is 0.765. The van der Waals surface area contributed by atoms with Gasteiger partial charge < -0.3 is 14.5 Å². The van der Waals surface area contributed by atoms with Crippen LogP contribution in [-0.2, 0) is 32.8 Å². The van der Waals surface area contributed by atoms with Crippen LogP contribution in [0.1, 0.15) is 53.9 Å². The van der Waals surface area contributed by atoms with Crippen molar-refractivity contribution in [1.29, 1.82) is 0 Å². The highest BCUT2D eigenvalue weighted by atomic mass is 31.2. The largest absolute Gasteiger partial charge is 0.623 e. The highest BCUT2D eigenvalue weighted by molar-refractivity contribution is 7.55. The van der Waals surface area contributed by atoms with Crippen LogP contribution in [-0.4, -0.2) is 58.1 Å². The van der Waals surface area contributed by atoms with E-state index in [1.54, 1.807) is 27.7 Å². The predicted octanol–water partition coefficient (Wildman–Crippen LogP) is 2.57. The molecule has 0 saturated carbocycles. The maximum atomic E-state index is 13.6. The molecule has 0 aliphatic carbocycles. The van der Waals surface area contributed by atoms with Crippen molar-refractivity contribution in [3.63, 3.8) is 0 Å². The standard InChI is InChI=1S/C17H27N2O9P/c1-6-26-29(24,28-16(2,3)4)17(5)12(9-10-18(17)23)11-25-15(22)27-19-13(20)7-8-14(19)21/h10,12H,6-9,11H2,1-5H3. The lowest BCUT2D eigenvalue weighted by Crippen LogP contribution is -2.44. The number of carbonyl (C=O) groups is 3. The summed E-state index contributed by atoms with van der Waals surface area (Å²) < 4.78 is 30.3. The fourth-order valence-electron chi connectivity index (χ4n) is 3.09. The summed E-state index contributed by atoms with van der Waals surface area (Å²) in [5.41, 5.74) is -0.863. The van der Waals surface area contributed by atoms with Crippen LogP contribution < -0.4 is 0 Å². The third kappa shape index (κ3) is 4.79. The van der Waals surface area contributed by atoms with Crippen molar-refractivity contribution >= 4 is 31.8 Å². The van der Waals surface area contributed by atoms with Gasteiger partial charge in [0.25, 0.3) is 17.1 Å². The van der Waals surface area contributed by atoms with E-state index in [4.69, 9.17) is 13.8 Å². The van der Waals surface area contributed by atoms with Crippen molar-refractivity contribution in [2.45, 2.75) is 64.8 Å². The van der Waals surface area contributed by atoms with Crippen molar-refractivity contribution in [2.24, 2.45) is 5.92 Å².